The van der Waals surface area contributed by atoms with Crippen LogP contribution in [-0.4, -0.2) is 56.9 Å². The highest BCUT2D eigenvalue weighted by Gasteiger charge is 2.24. The van der Waals surface area contributed by atoms with Crippen molar-refractivity contribution >= 4 is 28.6 Å². The maximum atomic E-state index is 14.1. The zero-order valence-electron chi connectivity index (χ0n) is 21.9. The summed E-state index contributed by atoms with van der Waals surface area (Å²) in [6.07, 6.45) is 1.78. The number of imidazole rings is 1. The number of carboxylic acids is 1. The third kappa shape index (κ3) is 6.18. The Bertz CT molecular complexity index is 1520. The predicted molar refractivity (Wildman–Crippen MR) is 146 cm³/mol. The summed E-state index contributed by atoms with van der Waals surface area (Å²) in [5.74, 6) is 0.232. The van der Waals surface area contributed by atoms with Crippen molar-refractivity contribution in [3.8, 4) is 11.6 Å². The molecule has 11 heteroatoms. The smallest absolute Gasteiger partial charge is 0.335 e. The minimum atomic E-state index is -1.09. The lowest BCUT2D eigenvalue weighted by Gasteiger charge is -2.31. The van der Waals surface area contributed by atoms with Crippen molar-refractivity contribution in [1.29, 1.82) is 0 Å². The van der Waals surface area contributed by atoms with Gasteiger partial charge in [-0.15, -0.1) is 0 Å². The normalized spacial score (nSPS) is 14.5. The molecule has 2 aromatic heterocycles. The number of hydrogen-bond acceptors (Lipinski definition) is 6. The van der Waals surface area contributed by atoms with Crippen molar-refractivity contribution in [3.05, 3.63) is 82.0 Å². The molecule has 0 atom stereocenters. The number of benzene rings is 2. The van der Waals surface area contributed by atoms with Gasteiger partial charge in [-0.3, -0.25) is 4.90 Å². The molecule has 0 radical (unpaired) electrons. The van der Waals surface area contributed by atoms with Crippen LogP contribution in [0.1, 0.15) is 46.2 Å². The summed E-state index contributed by atoms with van der Waals surface area (Å²) in [5.41, 5.74) is 2.55. The fraction of sp³-hybridized carbons (Fsp3) is 0.345. The Morgan fingerprint density at radius 1 is 1.12 bits per heavy atom. The Morgan fingerprint density at radius 2 is 1.93 bits per heavy atom. The van der Waals surface area contributed by atoms with E-state index in [-0.39, 0.29) is 30.4 Å². The summed E-state index contributed by atoms with van der Waals surface area (Å²) in [6, 6.07) is 13.1. The first kappa shape index (κ1) is 27.8. The second-order valence-electron chi connectivity index (χ2n) is 9.75. The van der Waals surface area contributed by atoms with Gasteiger partial charge in [0, 0.05) is 35.3 Å². The number of halogens is 3. The van der Waals surface area contributed by atoms with E-state index >= 15 is 0 Å². The van der Waals surface area contributed by atoms with Crippen LogP contribution in [0.3, 0.4) is 0 Å². The average Bonchev–Trinajstić information content (AvgIpc) is 3.26. The molecule has 0 amide bonds. The highest BCUT2D eigenvalue weighted by molar-refractivity contribution is 6.30. The largest absolute Gasteiger partial charge is 0.488 e. The van der Waals surface area contributed by atoms with E-state index in [0.717, 1.165) is 37.4 Å². The van der Waals surface area contributed by atoms with Crippen LogP contribution in [0.25, 0.3) is 11.0 Å². The Balaban J connectivity index is 1.23. The average molecular weight is 571 g/mol. The molecule has 210 valence electrons. The van der Waals surface area contributed by atoms with Gasteiger partial charge in [-0.2, -0.15) is 0 Å². The van der Waals surface area contributed by atoms with E-state index in [1.165, 1.54) is 12.1 Å². The number of nitrogens with zero attached hydrogens (tertiary/aromatic N) is 4. The second kappa shape index (κ2) is 12.2. The molecule has 1 N–H and O–H groups in total. The van der Waals surface area contributed by atoms with Crippen molar-refractivity contribution in [3.63, 3.8) is 0 Å². The van der Waals surface area contributed by atoms with E-state index in [2.05, 4.69) is 9.88 Å². The van der Waals surface area contributed by atoms with E-state index in [4.69, 9.17) is 26.1 Å². The molecule has 0 bridgehead atoms. The van der Waals surface area contributed by atoms with Crippen molar-refractivity contribution in [2.75, 3.05) is 26.4 Å². The molecular weight excluding hydrogens is 542 g/mol. The number of rotatable bonds is 10. The molecule has 1 saturated heterocycles. The van der Waals surface area contributed by atoms with E-state index < -0.39 is 18.5 Å². The lowest BCUT2D eigenvalue weighted by molar-refractivity contribution is 0.0696. The van der Waals surface area contributed by atoms with Crippen LogP contribution < -0.4 is 9.47 Å². The summed E-state index contributed by atoms with van der Waals surface area (Å²) >= 11 is 5.82. The van der Waals surface area contributed by atoms with Crippen molar-refractivity contribution in [2.45, 2.75) is 31.9 Å². The van der Waals surface area contributed by atoms with Gasteiger partial charge in [0.15, 0.2) is 0 Å². The van der Waals surface area contributed by atoms with E-state index in [1.807, 2.05) is 23.7 Å². The number of likely N-dealkylation sites (tertiary alicyclic amines) is 1. The van der Waals surface area contributed by atoms with E-state index in [0.29, 0.717) is 34.0 Å². The fourth-order valence-electron chi connectivity index (χ4n) is 4.94. The lowest BCUT2D eigenvalue weighted by Crippen LogP contribution is -2.33. The zero-order valence-corrected chi connectivity index (χ0v) is 22.7. The molecule has 5 rings (SSSR count). The Morgan fingerprint density at radius 3 is 2.65 bits per heavy atom. The summed E-state index contributed by atoms with van der Waals surface area (Å²) < 4.78 is 39.9. The summed E-state index contributed by atoms with van der Waals surface area (Å²) in [5, 5.41) is 9.83. The van der Waals surface area contributed by atoms with Crippen molar-refractivity contribution in [2.24, 2.45) is 7.05 Å². The molecule has 2 aromatic carbocycles. The maximum Gasteiger partial charge on any atom is 0.335 e. The number of ether oxygens (including phenoxy) is 2. The molecular formula is C29H29ClF2N4O4. The molecule has 0 aliphatic carbocycles. The van der Waals surface area contributed by atoms with Crippen molar-refractivity contribution < 1.29 is 28.2 Å². The fourth-order valence-corrected chi connectivity index (χ4v) is 5.10. The molecule has 8 nitrogen and oxygen atoms in total. The molecule has 1 aliphatic rings. The highest BCUT2D eigenvalue weighted by atomic mass is 35.5. The topological polar surface area (TPSA) is 89.7 Å². The number of carboxylic acid groups (broad SMARTS) is 1. The number of aromatic carboxylic acids is 1. The zero-order chi connectivity index (χ0) is 28.2. The van der Waals surface area contributed by atoms with Crippen LogP contribution in [0.15, 0.2) is 48.5 Å². The Kier molecular flexibility index (Phi) is 8.46. The van der Waals surface area contributed by atoms with Gasteiger partial charge in [-0.05, 0) is 56.3 Å². The summed E-state index contributed by atoms with van der Waals surface area (Å²) in [4.78, 5) is 23.3. The van der Waals surface area contributed by atoms with Gasteiger partial charge < -0.3 is 19.1 Å². The number of fused-ring (bicyclic) bond motifs is 1. The summed E-state index contributed by atoms with van der Waals surface area (Å²) in [6.45, 7) is 1.43. The minimum Gasteiger partial charge on any atom is -0.488 e. The highest BCUT2D eigenvalue weighted by Crippen LogP contribution is 2.31. The first-order valence-corrected chi connectivity index (χ1v) is 13.4. The SMILES string of the molecule is Cn1c(CN2CCC(c3cccc(OCc4ccc(Cl)cc4F)n3)CC2)nc2c(OCCF)cc(C(=O)O)cc21. The van der Waals surface area contributed by atoms with Crippen LogP contribution in [0.5, 0.6) is 11.6 Å². The van der Waals surface area contributed by atoms with Gasteiger partial charge >= 0.3 is 5.97 Å². The number of aryl methyl sites for hydroxylation is 1. The van der Waals surface area contributed by atoms with E-state index in [1.54, 1.807) is 24.3 Å². The molecule has 0 spiro atoms. The third-order valence-corrected chi connectivity index (χ3v) is 7.37. The van der Waals surface area contributed by atoms with Gasteiger partial charge in [0.1, 0.15) is 42.8 Å². The number of hydrogen-bond donors (Lipinski definition) is 1. The number of aromatic nitrogens is 3. The molecule has 0 saturated carbocycles. The number of piperidine rings is 1. The van der Waals surface area contributed by atoms with Gasteiger partial charge in [-0.1, -0.05) is 23.7 Å². The van der Waals surface area contributed by atoms with Gasteiger partial charge in [0.25, 0.3) is 0 Å². The third-order valence-electron chi connectivity index (χ3n) is 7.13. The van der Waals surface area contributed by atoms with Crippen LogP contribution in [-0.2, 0) is 20.2 Å². The van der Waals surface area contributed by atoms with Crippen molar-refractivity contribution in [1.82, 2.24) is 19.4 Å². The van der Waals surface area contributed by atoms with E-state index in [9.17, 15) is 18.7 Å². The minimum absolute atomic E-state index is 0.0599. The first-order valence-electron chi connectivity index (χ1n) is 13.0. The van der Waals surface area contributed by atoms with Crippen LogP contribution in [0.2, 0.25) is 5.02 Å². The Hall–Kier alpha value is -3.76. The quantitative estimate of drug-likeness (QED) is 0.259. The Labute approximate surface area is 235 Å². The standard InChI is InChI=1S/C29H29ClF2N4O4/c1-35-24-13-20(29(37)38)14-25(39-12-9-31)28(24)34-26(35)16-36-10-7-18(8-11-36)23-3-2-4-27(33-23)40-17-19-5-6-21(30)15-22(19)32/h2-6,13-15,18H,7-12,16-17H2,1H3,(H,37,38). The lowest BCUT2D eigenvalue weighted by atomic mass is 9.93. The molecule has 1 aliphatic heterocycles. The van der Waals surface area contributed by atoms with Gasteiger partial charge in [0.2, 0.25) is 5.88 Å². The number of alkyl halides is 1. The monoisotopic (exact) mass is 570 g/mol. The number of pyridine rings is 1. The molecule has 3 heterocycles. The van der Waals surface area contributed by atoms with Crippen LogP contribution in [0, 0.1) is 5.82 Å². The second-order valence-corrected chi connectivity index (χ2v) is 10.2. The molecule has 4 aromatic rings. The molecule has 1 fully saturated rings. The number of carbonyl (C=O) groups is 1. The van der Waals surface area contributed by atoms with Crippen LogP contribution in [0.4, 0.5) is 8.78 Å². The first-order chi connectivity index (χ1) is 19.3. The van der Waals surface area contributed by atoms with Crippen LogP contribution >= 0.6 is 11.6 Å². The molecule has 40 heavy (non-hydrogen) atoms. The summed E-state index contributed by atoms with van der Waals surface area (Å²) in [7, 11) is 1.84. The maximum absolute atomic E-state index is 14.1. The van der Waals surface area contributed by atoms with Gasteiger partial charge in [-0.25, -0.2) is 23.5 Å². The van der Waals surface area contributed by atoms with Gasteiger partial charge in [0.05, 0.1) is 17.6 Å². The predicted octanol–water partition coefficient (Wildman–Crippen LogP) is 5.77. The molecule has 0 unspecified atom stereocenters.